The van der Waals surface area contributed by atoms with Crippen LogP contribution in [0.2, 0.25) is 0 Å². The van der Waals surface area contributed by atoms with Gasteiger partial charge >= 0.3 is 61.6 Å². The molecule has 14 nitrogen and oxygen atoms in total. The number of hydrogen-bond donors (Lipinski definition) is 0. The first-order chi connectivity index (χ1) is 62.6. The van der Waals surface area contributed by atoms with Gasteiger partial charge in [0.25, 0.3) is 0 Å². The van der Waals surface area contributed by atoms with E-state index >= 15 is 0 Å². The van der Waals surface area contributed by atoms with Gasteiger partial charge in [-0.1, -0.05) is 462 Å². The van der Waals surface area contributed by atoms with Gasteiger partial charge in [0.2, 0.25) is 0 Å². The fourth-order valence-corrected chi connectivity index (χ4v) is 17.7. The zero-order valence-electron chi connectivity index (χ0n) is 83.7. The first-order valence-electron chi connectivity index (χ1n) is 54.1. The summed E-state index contributed by atoms with van der Waals surface area (Å²) in [5, 5.41) is 0. The summed E-state index contributed by atoms with van der Waals surface area (Å²) < 4.78 is 91.9. The third-order valence-corrected chi connectivity index (χ3v) is 26.7. The zero-order valence-corrected chi connectivity index (χ0v) is 87.6. The van der Waals surface area contributed by atoms with Crippen molar-refractivity contribution in [2.24, 2.45) is 0 Å². The Morgan fingerprint density at radius 3 is 0.488 bits per heavy atom. The maximum Gasteiger partial charge on any atom is 2.00 e. The molecule has 0 heterocycles. The van der Waals surface area contributed by atoms with Crippen LogP contribution in [0.4, 0.5) is 0 Å². The van der Waals surface area contributed by atoms with Gasteiger partial charge < -0.3 is 28.1 Å². The molecule has 0 unspecified atom stereocenters. The number of allylic oxidation sites excluding steroid dienone is 8. The molecule has 2 rings (SSSR count). The Morgan fingerprint density at radius 2 is 0.341 bits per heavy atom. The van der Waals surface area contributed by atoms with Crippen LogP contribution in [-0.4, -0.2) is 114 Å². The fourth-order valence-electron chi connectivity index (χ4n) is 16.7. The third kappa shape index (κ3) is 82.4. The Labute approximate surface area is 824 Å². The molecule has 0 amide bonds. The number of carbonyl (C=O) groups excluding carboxylic acids is 4. The fraction of sp³-hybridized carbons (Fsp3) is 0.786. The maximum atomic E-state index is 13.0. The van der Waals surface area contributed by atoms with Crippen molar-refractivity contribution in [2.45, 2.75) is 551 Å². The van der Waals surface area contributed by atoms with Gasteiger partial charge in [0, 0.05) is 0 Å². The molecule has 0 aromatic heterocycles. The van der Waals surface area contributed by atoms with Crippen LogP contribution in [0.1, 0.15) is 583 Å². The predicted molar refractivity (Wildman–Crippen MR) is 544 cm³/mol. The van der Waals surface area contributed by atoms with Crippen LogP contribution in [0.5, 0.6) is 0 Å². The monoisotopic (exact) mass is 1870 g/mol. The van der Waals surface area contributed by atoms with E-state index in [1.165, 1.54) is 411 Å². The van der Waals surface area contributed by atoms with E-state index in [4.69, 9.17) is 18.9 Å². The second-order valence-corrected chi connectivity index (χ2v) is 39.9. The Hall–Kier alpha value is -3.64. The SMILES string of the molecule is CCCCCCCCCCCCCCCCCC/C=C/CCCCOC(=O)c1ccc(S(=O)(=O)[O-])cc1C(=O)OCCCC/C=C/CCCCCCCCCCCCCCCCCC.CCCCCCCCCCCCCCCCCC/C=C/CCCCOC(=O)c1ccc(S(=O)(=O)[O-])cc1C(=O)OCCCC/C=C/CCCCCCCCCCCCCCCCCC.[Ca+2]. The van der Waals surface area contributed by atoms with Crippen LogP contribution in [0.3, 0.4) is 0 Å². The van der Waals surface area contributed by atoms with Gasteiger partial charge in [-0.25, -0.2) is 36.0 Å². The molecule has 0 aliphatic rings. The van der Waals surface area contributed by atoms with Gasteiger partial charge in [-0.15, -0.1) is 0 Å². The molecule has 0 saturated carbocycles. The molecule has 0 aliphatic heterocycles. The van der Waals surface area contributed by atoms with E-state index in [-0.39, 0.29) is 86.4 Å². The number of esters is 4. The quantitative estimate of drug-likeness (QED) is 0.0150. The number of ether oxygens (including phenoxy) is 4. The topological polar surface area (TPSA) is 220 Å². The van der Waals surface area contributed by atoms with Crippen molar-refractivity contribution in [2.75, 3.05) is 26.4 Å². The summed E-state index contributed by atoms with van der Waals surface area (Å²) in [5.74, 6) is -3.16. The standard InChI is InChI=1S/2C56H98O7S.Ca/c2*1-3-5-7-9-11-13-15-17-19-21-23-25-27-29-31-33-35-37-39-41-43-45-49-62-55(57)53-48-47-52(64(59,60)61)51-54(53)56(58)63-50-46-44-42-40-38-36-34-32-30-28-26-24-22-20-18-16-14-12-10-8-6-4-2;/h2*37-40,47-48,51H,3-36,41-46,49-50H2,1-2H3,(H,59,60,61);/q;;+2/p-2/b2*39-37+,40-38+;. The molecule has 17 heteroatoms. The molecule has 2 aromatic carbocycles. The Kier molecular flexibility index (Phi) is 93.3. The van der Waals surface area contributed by atoms with Gasteiger partial charge in [-0.05, 0) is 165 Å². The largest absolute Gasteiger partial charge is 2.00 e. The molecule has 0 bridgehead atoms. The van der Waals surface area contributed by atoms with E-state index in [1.807, 2.05) is 0 Å². The van der Waals surface area contributed by atoms with E-state index < -0.39 is 53.9 Å². The molecule has 0 spiro atoms. The number of carbonyl (C=O) groups is 4. The van der Waals surface area contributed by atoms with Crippen LogP contribution in [0.15, 0.2) is 94.8 Å². The van der Waals surface area contributed by atoms with E-state index in [9.17, 15) is 45.1 Å². The van der Waals surface area contributed by atoms with E-state index in [2.05, 4.69) is 76.3 Å². The van der Waals surface area contributed by atoms with Gasteiger partial charge in [-0.3, -0.25) is 0 Å². The molecule has 0 radical (unpaired) electrons. The molecule has 0 atom stereocenters. The van der Waals surface area contributed by atoms with E-state index in [0.717, 1.165) is 113 Å². The van der Waals surface area contributed by atoms with Crippen LogP contribution in [0, 0.1) is 0 Å². The molecule has 0 aliphatic carbocycles. The Balaban J connectivity index is 0.00000252. The smallest absolute Gasteiger partial charge is 0.744 e. The van der Waals surface area contributed by atoms with Crippen molar-refractivity contribution in [3.63, 3.8) is 0 Å². The number of benzene rings is 2. The summed E-state index contributed by atoms with van der Waals surface area (Å²) in [6.45, 7) is 9.71. The number of unbranched alkanes of at least 4 members (excludes halogenated alkanes) is 72. The molecule has 0 N–H and O–H groups in total. The zero-order chi connectivity index (χ0) is 92.9. The second kappa shape index (κ2) is 96.1. The Bertz CT molecular complexity index is 3020. The predicted octanol–water partition coefficient (Wildman–Crippen LogP) is 34.9. The maximum absolute atomic E-state index is 13.0. The first kappa shape index (κ1) is 125. The third-order valence-electron chi connectivity index (χ3n) is 25.0. The van der Waals surface area contributed by atoms with E-state index in [0.29, 0.717) is 25.7 Å². The molecular weight excluding hydrogens is 1670 g/mol. The second-order valence-electron chi connectivity index (χ2n) is 37.1. The minimum absolute atomic E-state index is 0. The minimum Gasteiger partial charge on any atom is -0.744 e. The number of rotatable bonds is 94. The van der Waals surface area contributed by atoms with Crippen molar-refractivity contribution in [1.82, 2.24) is 0 Å². The van der Waals surface area contributed by atoms with E-state index in [1.54, 1.807) is 0 Å². The molecule has 2 aromatic rings. The van der Waals surface area contributed by atoms with Crippen molar-refractivity contribution in [3.05, 3.63) is 107 Å². The van der Waals surface area contributed by atoms with Gasteiger partial charge in [0.1, 0.15) is 20.2 Å². The van der Waals surface area contributed by atoms with Crippen LogP contribution >= 0.6 is 0 Å². The van der Waals surface area contributed by atoms with Gasteiger partial charge in [0.05, 0.1) is 58.5 Å². The van der Waals surface area contributed by atoms with Gasteiger partial charge in [0.15, 0.2) is 0 Å². The van der Waals surface area contributed by atoms with Crippen molar-refractivity contribution in [1.29, 1.82) is 0 Å². The average Bonchev–Trinajstić information content (AvgIpc) is 0.812. The molecule has 129 heavy (non-hydrogen) atoms. The normalized spacial score (nSPS) is 11.8. The van der Waals surface area contributed by atoms with Crippen molar-refractivity contribution in [3.8, 4) is 0 Å². The summed E-state index contributed by atoms with van der Waals surface area (Å²) in [5.41, 5.74) is -0.739. The summed E-state index contributed by atoms with van der Waals surface area (Å²) in [6, 6.07) is 6.24. The van der Waals surface area contributed by atoms with Crippen LogP contribution in [0.25, 0.3) is 0 Å². The summed E-state index contributed by atoms with van der Waals surface area (Å²) in [7, 11) is -9.66. The van der Waals surface area contributed by atoms with Crippen molar-refractivity contribution < 1.29 is 64.1 Å². The summed E-state index contributed by atoms with van der Waals surface area (Å²) in [4.78, 5) is 50.7. The molecule has 0 fully saturated rings. The molecule has 0 saturated heterocycles. The van der Waals surface area contributed by atoms with Crippen LogP contribution in [-0.2, 0) is 39.2 Å². The average molecular weight is 1870 g/mol. The first-order valence-corrected chi connectivity index (χ1v) is 56.9. The molecule has 740 valence electrons. The Morgan fingerprint density at radius 1 is 0.209 bits per heavy atom. The molecular formula is C112H194CaO14S2. The van der Waals surface area contributed by atoms with Crippen molar-refractivity contribution >= 4 is 81.9 Å². The summed E-state index contributed by atoms with van der Waals surface area (Å²) in [6.07, 6.45) is 119. The van der Waals surface area contributed by atoms with Crippen LogP contribution < -0.4 is 0 Å². The minimum atomic E-state index is -4.83. The number of hydrogen-bond acceptors (Lipinski definition) is 14. The summed E-state index contributed by atoms with van der Waals surface area (Å²) >= 11 is 0. The van der Waals surface area contributed by atoms with Gasteiger partial charge in [-0.2, -0.15) is 0 Å².